The number of sulfone groups is 1. The third kappa shape index (κ3) is 11.8. The lowest BCUT2D eigenvalue weighted by Crippen LogP contribution is -2.31. The monoisotopic (exact) mass is 992 g/mol. The number of fused-ring (bicyclic) bond motifs is 2. The van der Waals surface area contributed by atoms with Gasteiger partial charge in [-0.1, -0.05) is 47.5 Å². The van der Waals surface area contributed by atoms with Crippen LogP contribution in [0.4, 0.5) is 0 Å². The summed E-state index contributed by atoms with van der Waals surface area (Å²) in [6.45, 7) is 17.1. The van der Waals surface area contributed by atoms with Crippen LogP contribution in [-0.2, 0) is 19.4 Å². The van der Waals surface area contributed by atoms with Crippen molar-refractivity contribution >= 4 is 66.9 Å². The molecular formula is C49H62Cl2N8O8S. The van der Waals surface area contributed by atoms with Crippen molar-refractivity contribution in [2.45, 2.75) is 110 Å². The summed E-state index contributed by atoms with van der Waals surface area (Å²) in [5, 5.41) is 10.1. The third-order valence-electron chi connectivity index (χ3n) is 12.6. The van der Waals surface area contributed by atoms with Gasteiger partial charge in [-0.15, -0.1) is 0 Å². The highest BCUT2D eigenvalue weighted by molar-refractivity contribution is 7.90. The maximum Gasteiger partial charge on any atom is 0.241 e. The molecule has 0 unspecified atom stereocenters. The molecule has 19 heteroatoms. The number of carbonyl (C=O) groups excluding carboxylic acids is 2. The summed E-state index contributed by atoms with van der Waals surface area (Å²) >= 11 is 12.0. The number of carbonyl (C=O) groups is 2. The summed E-state index contributed by atoms with van der Waals surface area (Å²) in [7, 11) is -0.156. The van der Waals surface area contributed by atoms with Gasteiger partial charge < -0.3 is 38.3 Å². The zero-order valence-electron chi connectivity index (χ0n) is 40.4. The first-order valence-corrected chi connectivity index (χ1v) is 25.2. The van der Waals surface area contributed by atoms with E-state index >= 15 is 0 Å². The quantitative estimate of drug-likeness (QED) is 0.108. The minimum atomic E-state index is -3.43. The first-order valence-electron chi connectivity index (χ1n) is 22.6. The number of halogens is 2. The van der Waals surface area contributed by atoms with Crippen LogP contribution in [0.3, 0.4) is 0 Å². The number of aromatic nitrogens is 6. The van der Waals surface area contributed by atoms with E-state index in [9.17, 15) is 23.1 Å². The minimum Gasteiger partial charge on any atom is -0.497 e. The number of amides is 2. The van der Waals surface area contributed by atoms with Gasteiger partial charge >= 0.3 is 0 Å². The topological polar surface area (TPSA) is 184 Å². The molecule has 2 aromatic carbocycles. The molecule has 0 saturated carbocycles. The molecule has 2 aliphatic rings. The average Bonchev–Trinajstić information content (AvgIpc) is 4.11. The van der Waals surface area contributed by atoms with Crippen LogP contribution in [0.25, 0.3) is 22.1 Å². The Morgan fingerprint density at radius 1 is 0.662 bits per heavy atom. The first-order chi connectivity index (χ1) is 32.1. The SMILES string of the molecule is CC(C)n1cnc2cc(Cl)nc(S(C)(=O)=O)c21.COc1ccc([C@@H](C)N2C[C@H]([C@@H](C)O)CC2=O)cc1.COc1ccc([C@@H](C)N2C[C@H]([C@@H](C)Oc3nc(Cl)cc4ncn(C(C)C)c34)CC2=O)cc1. The average molecular weight is 994 g/mol. The van der Waals surface area contributed by atoms with Gasteiger partial charge in [0, 0.05) is 68.2 Å². The van der Waals surface area contributed by atoms with Crippen LogP contribution in [0.15, 0.2) is 78.3 Å². The van der Waals surface area contributed by atoms with Crippen molar-refractivity contribution in [3.05, 3.63) is 94.8 Å². The summed E-state index contributed by atoms with van der Waals surface area (Å²) in [6, 6.07) is 19.2. The van der Waals surface area contributed by atoms with Gasteiger partial charge in [-0.05, 0) is 90.8 Å². The molecule has 2 aliphatic heterocycles. The molecule has 8 rings (SSSR count). The smallest absolute Gasteiger partial charge is 0.241 e. The number of aliphatic hydroxyl groups excluding tert-OH is 1. The molecule has 0 bridgehead atoms. The Morgan fingerprint density at radius 3 is 1.51 bits per heavy atom. The Morgan fingerprint density at radius 2 is 1.09 bits per heavy atom. The van der Waals surface area contributed by atoms with E-state index in [1.165, 1.54) is 0 Å². The predicted molar refractivity (Wildman–Crippen MR) is 263 cm³/mol. The number of likely N-dealkylation sites (tertiary alicyclic amines) is 2. The van der Waals surface area contributed by atoms with Crippen LogP contribution in [0.2, 0.25) is 10.3 Å². The van der Waals surface area contributed by atoms with E-state index in [2.05, 4.69) is 40.7 Å². The number of ether oxygens (including phenoxy) is 3. The fraction of sp³-hybridized carbons (Fsp3) is 0.469. The second kappa shape index (κ2) is 21.9. The number of imidazole rings is 2. The van der Waals surface area contributed by atoms with E-state index < -0.39 is 15.9 Å². The molecule has 1 N–H and O–H groups in total. The number of hydrogen-bond donors (Lipinski definition) is 1. The van der Waals surface area contributed by atoms with Gasteiger partial charge in [-0.25, -0.2) is 23.4 Å². The summed E-state index contributed by atoms with van der Waals surface area (Å²) < 4.78 is 43.9. The van der Waals surface area contributed by atoms with E-state index in [4.69, 9.17) is 37.4 Å². The molecule has 0 aliphatic carbocycles. The maximum absolute atomic E-state index is 12.8. The fourth-order valence-electron chi connectivity index (χ4n) is 8.42. The molecule has 2 fully saturated rings. The van der Waals surface area contributed by atoms with Crippen molar-refractivity contribution in [1.82, 2.24) is 38.9 Å². The second-order valence-corrected chi connectivity index (χ2v) is 20.7. The second-order valence-electron chi connectivity index (χ2n) is 18.0. The van der Waals surface area contributed by atoms with Crippen LogP contribution in [0.5, 0.6) is 17.4 Å². The lowest BCUT2D eigenvalue weighted by Gasteiger charge is -2.26. The highest BCUT2D eigenvalue weighted by Gasteiger charge is 2.38. The number of pyridine rings is 2. The Hall–Kier alpha value is -5.49. The van der Waals surface area contributed by atoms with Crippen LogP contribution < -0.4 is 14.2 Å². The molecule has 0 spiro atoms. The van der Waals surface area contributed by atoms with Gasteiger partial charge in [0.05, 0.1) is 56.1 Å². The molecule has 68 heavy (non-hydrogen) atoms. The number of hydrogen-bond acceptors (Lipinski definition) is 12. The normalized spacial score (nSPS) is 18.1. The molecule has 4 aromatic heterocycles. The lowest BCUT2D eigenvalue weighted by atomic mass is 10.0. The molecule has 16 nitrogen and oxygen atoms in total. The van der Waals surface area contributed by atoms with Crippen LogP contribution >= 0.6 is 23.2 Å². The largest absolute Gasteiger partial charge is 0.497 e. The Kier molecular flexibility index (Phi) is 16.7. The molecule has 2 saturated heterocycles. The van der Waals surface area contributed by atoms with Crippen LogP contribution in [0, 0.1) is 11.8 Å². The molecule has 0 radical (unpaired) electrons. The van der Waals surface area contributed by atoms with Crippen molar-refractivity contribution in [2.75, 3.05) is 33.6 Å². The Balaban J connectivity index is 0.000000181. The van der Waals surface area contributed by atoms with Crippen molar-refractivity contribution < 1.29 is 37.3 Å². The van der Waals surface area contributed by atoms with Gasteiger partial charge in [0.1, 0.15) is 38.9 Å². The molecule has 6 atom stereocenters. The zero-order valence-corrected chi connectivity index (χ0v) is 42.8. The van der Waals surface area contributed by atoms with Crippen LogP contribution in [0.1, 0.15) is 104 Å². The highest BCUT2D eigenvalue weighted by atomic mass is 35.5. The van der Waals surface area contributed by atoms with Gasteiger partial charge in [-0.2, -0.15) is 4.98 Å². The lowest BCUT2D eigenvalue weighted by molar-refractivity contribution is -0.130. The van der Waals surface area contributed by atoms with Gasteiger partial charge in [0.25, 0.3) is 0 Å². The van der Waals surface area contributed by atoms with E-state index in [0.29, 0.717) is 48.0 Å². The fourth-order valence-corrected chi connectivity index (χ4v) is 9.66. The summed E-state index contributed by atoms with van der Waals surface area (Å²) in [4.78, 5) is 45.6. The van der Waals surface area contributed by atoms with E-state index in [1.54, 1.807) is 50.5 Å². The van der Waals surface area contributed by atoms with Gasteiger partial charge in [0.2, 0.25) is 17.7 Å². The van der Waals surface area contributed by atoms with Crippen molar-refractivity contribution in [2.24, 2.45) is 11.8 Å². The van der Waals surface area contributed by atoms with E-state index in [0.717, 1.165) is 39.9 Å². The van der Waals surface area contributed by atoms with Crippen molar-refractivity contribution in [3.63, 3.8) is 0 Å². The molecule has 366 valence electrons. The summed E-state index contributed by atoms with van der Waals surface area (Å²) in [5.74, 6) is 2.42. The minimum absolute atomic E-state index is 0.0220. The summed E-state index contributed by atoms with van der Waals surface area (Å²) in [5.41, 5.74) is 4.78. The first kappa shape index (κ1) is 51.9. The number of methoxy groups -OCH3 is 2. The number of nitrogens with zero attached hydrogens (tertiary/aromatic N) is 8. The van der Waals surface area contributed by atoms with Gasteiger partial charge in [0.15, 0.2) is 14.9 Å². The number of benzene rings is 2. The molecular weight excluding hydrogens is 932 g/mol. The molecule has 6 aromatic rings. The highest BCUT2D eigenvalue weighted by Crippen LogP contribution is 2.35. The van der Waals surface area contributed by atoms with E-state index in [1.807, 2.05) is 90.6 Å². The van der Waals surface area contributed by atoms with Crippen molar-refractivity contribution in [1.29, 1.82) is 0 Å². The maximum atomic E-state index is 12.8. The Bertz CT molecular complexity index is 2820. The van der Waals surface area contributed by atoms with Crippen LogP contribution in [-0.4, -0.2) is 110 Å². The van der Waals surface area contributed by atoms with E-state index in [-0.39, 0.29) is 64.1 Å². The Labute approximate surface area is 408 Å². The predicted octanol–water partition coefficient (Wildman–Crippen LogP) is 9.11. The third-order valence-corrected chi connectivity index (χ3v) is 14.0. The molecule has 2 amide bonds. The summed E-state index contributed by atoms with van der Waals surface area (Å²) in [6.07, 6.45) is 4.73. The number of aliphatic hydroxyl groups is 1. The number of rotatable bonds is 13. The standard InChI is InChI=1S/C24H29ClN4O3.C15H21NO3.C10H12ClN3O2S/c1-14(2)29-13-26-20-11-21(25)27-24(23(20)29)32-16(4)18-10-22(30)28(12-18)15(3)17-6-8-19(31-5)9-7-17;1-10(12-4-6-14(19-3)7-5-12)16-9-13(11(2)17)8-15(16)18;1-6(2)14-5-12-7-4-8(11)13-10(9(7)14)17(3,15)16/h6-9,11,13-16,18H,10,12H2,1-5H3;4-7,10-11,13,17H,8-9H2,1-3H3;4-6H,1-3H3/t15-,16-,18-;10-,11-,13-;/m11./s1. The molecule has 6 heterocycles. The van der Waals surface area contributed by atoms with Gasteiger partial charge in [-0.3, -0.25) is 9.59 Å². The van der Waals surface area contributed by atoms with Crippen molar-refractivity contribution in [3.8, 4) is 17.4 Å². The zero-order chi connectivity index (χ0) is 49.8.